The van der Waals surface area contributed by atoms with E-state index in [4.69, 9.17) is 0 Å². The van der Waals surface area contributed by atoms with Crippen molar-refractivity contribution < 1.29 is 4.79 Å². The van der Waals surface area contributed by atoms with Crippen LogP contribution in [0.2, 0.25) is 0 Å². The summed E-state index contributed by atoms with van der Waals surface area (Å²) in [7, 11) is 0. The zero-order chi connectivity index (χ0) is 14.4. The number of thioether (sulfide) groups is 1. The molecular formula is C14H22N4OS. The molecule has 6 heteroatoms. The van der Waals surface area contributed by atoms with Gasteiger partial charge in [-0.15, -0.1) is 22.0 Å². The van der Waals surface area contributed by atoms with Crippen LogP contribution in [-0.4, -0.2) is 41.5 Å². The van der Waals surface area contributed by atoms with Gasteiger partial charge in [-0.05, 0) is 37.7 Å². The topological polar surface area (TPSA) is 58.1 Å². The summed E-state index contributed by atoms with van der Waals surface area (Å²) in [6.45, 7) is 3.83. The fourth-order valence-corrected chi connectivity index (χ4v) is 2.75. The van der Waals surface area contributed by atoms with Crippen LogP contribution in [0.5, 0.6) is 0 Å². The van der Waals surface area contributed by atoms with E-state index >= 15 is 0 Å². The van der Waals surface area contributed by atoms with E-state index in [-0.39, 0.29) is 11.9 Å². The summed E-state index contributed by atoms with van der Waals surface area (Å²) in [4.78, 5) is 13.9. The smallest absolute Gasteiger partial charge is 0.220 e. The molecule has 0 spiro atoms. The van der Waals surface area contributed by atoms with E-state index in [9.17, 15) is 4.79 Å². The lowest BCUT2D eigenvalue weighted by Crippen LogP contribution is -2.48. The molecule has 2 heterocycles. The Balaban J connectivity index is 1.93. The Morgan fingerprint density at radius 2 is 2.35 bits per heavy atom. The van der Waals surface area contributed by atoms with Crippen LogP contribution < -0.4 is 10.2 Å². The van der Waals surface area contributed by atoms with Crippen molar-refractivity contribution in [3.8, 4) is 0 Å². The molecule has 0 bridgehead atoms. The van der Waals surface area contributed by atoms with Gasteiger partial charge < -0.3 is 10.2 Å². The zero-order valence-corrected chi connectivity index (χ0v) is 12.9. The summed E-state index contributed by atoms with van der Waals surface area (Å²) in [5.74, 6) is 1.06. The van der Waals surface area contributed by atoms with Gasteiger partial charge in [0.15, 0.2) is 5.82 Å². The SMILES string of the molecule is CCCC(=O)NC1CCCN(c2ccc(SC)nn2)C1. The van der Waals surface area contributed by atoms with Crippen LogP contribution in [-0.2, 0) is 4.79 Å². The van der Waals surface area contributed by atoms with Gasteiger partial charge in [-0.1, -0.05) is 6.92 Å². The maximum Gasteiger partial charge on any atom is 0.220 e. The highest BCUT2D eigenvalue weighted by Gasteiger charge is 2.22. The summed E-state index contributed by atoms with van der Waals surface area (Å²) in [5.41, 5.74) is 0. The Morgan fingerprint density at radius 3 is 3.00 bits per heavy atom. The number of nitrogens with zero attached hydrogens (tertiary/aromatic N) is 3. The molecule has 1 aliphatic rings. The van der Waals surface area contributed by atoms with Crippen molar-refractivity contribution >= 4 is 23.5 Å². The van der Waals surface area contributed by atoms with E-state index in [2.05, 4.69) is 20.4 Å². The van der Waals surface area contributed by atoms with Crippen LogP contribution in [0.15, 0.2) is 17.2 Å². The first-order chi connectivity index (χ1) is 9.72. The third kappa shape index (κ3) is 4.10. The molecule has 1 aliphatic heterocycles. The van der Waals surface area contributed by atoms with Crippen molar-refractivity contribution in [2.75, 3.05) is 24.2 Å². The molecule has 1 fully saturated rings. The van der Waals surface area contributed by atoms with Crippen LogP contribution >= 0.6 is 11.8 Å². The molecule has 1 amide bonds. The number of anilines is 1. The van der Waals surface area contributed by atoms with Crippen molar-refractivity contribution in [2.45, 2.75) is 43.7 Å². The second-order valence-electron chi connectivity index (χ2n) is 5.04. The van der Waals surface area contributed by atoms with Gasteiger partial charge in [-0.25, -0.2) is 0 Å². The maximum absolute atomic E-state index is 11.7. The molecule has 1 aromatic rings. The fourth-order valence-electron chi connectivity index (χ4n) is 2.42. The van der Waals surface area contributed by atoms with Crippen LogP contribution in [0.1, 0.15) is 32.6 Å². The predicted octanol–water partition coefficient (Wildman–Crippen LogP) is 2.08. The Morgan fingerprint density at radius 1 is 1.50 bits per heavy atom. The number of hydrogen-bond donors (Lipinski definition) is 1. The van der Waals surface area contributed by atoms with Crippen LogP contribution in [0.4, 0.5) is 5.82 Å². The Bertz CT molecular complexity index is 437. The summed E-state index contributed by atoms with van der Waals surface area (Å²) >= 11 is 1.59. The first-order valence-electron chi connectivity index (χ1n) is 7.15. The van der Waals surface area contributed by atoms with Gasteiger partial charge in [-0.3, -0.25) is 4.79 Å². The van der Waals surface area contributed by atoms with E-state index in [1.54, 1.807) is 11.8 Å². The quantitative estimate of drug-likeness (QED) is 0.843. The summed E-state index contributed by atoms with van der Waals surface area (Å²) in [6.07, 6.45) is 5.61. The molecule has 110 valence electrons. The highest BCUT2D eigenvalue weighted by molar-refractivity contribution is 7.98. The minimum Gasteiger partial charge on any atom is -0.353 e. The van der Waals surface area contributed by atoms with Crippen molar-refractivity contribution in [2.24, 2.45) is 0 Å². The number of aromatic nitrogens is 2. The van der Waals surface area contributed by atoms with Crippen molar-refractivity contribution in [1.29, 1.82) is 0 Å². The molecule has 1 aromatic heterocycles. The van der Waals surface area contributed by atoms with E-state index in [0.717, 1.165) is 43.2 Å². The fraction of sp³-hybridized carbons (Fsp3) is 0.643. The number of piperidine rings is 1. The summed E-state index contributed by atoms with van der Waals surface area (Å²) < 4.78 is 0. The lowest BCUT2D eigenvalue weighted by molar-refractivity contribution is -0.121. The average molecular weight is 294 g/mol. The van der Waals surface area contributed by atoms with Crippen molar-refractivity contribution in [3.05, 3.63) is 12.1 Å². The lowest BCUT2D eigenvalue weighted by Gasteiger charge is -2.33. The number of carbonyl (C=O) groups is 1. The van der Waals surface area contributed by atoms with Crippen molar-refractivity contribution in [3.63, 3.8) is 0 Å². The monoisotopic (exact) mass is 294 g/mol. The number of amides is 1. The average Bonchev–Trinajstić information content (AvgIpc) is 2.48. The van der Waals surface area contributed by atoms with Gasteiger partial charge >= 0.3 is 0 Å². The van der Waals surface area contributed by atoms with Gasteiger partial charge in [0.05, 0.1) is 0 Å². The van der Waals surface area contributed by atoms with E-state index in [1.165, 1.54) is 0 Å². The van der Waals surface area contributed by atoms with Crippen LogP contribution in [0.3, 0.4) is 0 Å². The molecule has 2 rings (SSSR count). The normalized spacial score (nSPS) is 18.9. The Hall–Kier alpha value is -1.30. The van der Waals surface area contributed by atoms with Gasteiger partial charge in [0, 0.05) is 25.6 Å². The minimum absolute atomic E-state index is 0.156. The highest BCUT2D eigenvalue weighted by Crippen LogP contribution is 2.19. The first kappa shape index (κ1) is 15.1. The van der Waals surface area contributed by atoms with Crippen molar-refractivity contribution in [1.82, 2.24) is 15.5 Å². The molecular weight excluding hydrogens is 272 g/mol. The minimum atomic E-state index is 0.156. The van der Waals surface area contributed by atoms with Gasteiger partial charge in [-0.2, -0.15) is 0 Å². The van der Waals surface area contributed by atoms with Crippen LogP contribution in [0.25, 0.3) is 0 Å². The predicted molar refractivity (Wildman–Crippen MR) is 82.1 cm³/mol. The maximum atomic E-state index is 11.7. The second kappa shape index (κ2) is 7.47. The van der Waals surface area contributed by atoms with Crippen LogP contribution in [0, 0.1) is 0 Å². The second-order valence-corrected chi connectivity index (χ2v) is 5.86. The molecule has 0 saturated carbocycles. The standard InChI is InChI=1S/C14H22N4OS/c1-3-5-13(19)15-11-6-4-9-18(10-11)12-7-8-14(20-2)17-16-12/h7-8,11H,3-6,9-10H2,1-2H3,(H,15,19). The largest absolute Gasteiger partial charge is 0.353 e. The molecule has 1 N–H and O–H groups in total. The summed E-state index contributed by atoms with van der Waals surface area (Å²) in [6, 6.07) is 4.23. The number of carbonyl (C=O) groups excluding carboxylic acids is 1. The molecule has 1 unspecified atom stereocenters. The van der Waals surface area contributed by atoms with Gasteiger partial charge in [0.25, 0.3) is 0 Å². The van der Waals surface area contributed by atoms with E-state index in [1.807, 2.05) is 25.3 Å². The zero-order valence-electron chi connectivity index (χ0n) is 12.1. The number of nitrogens with one attached hydrogen (secondary N) is 1. The Kier molecular flexibility index (Phi) is 5.64. The molecule has 20 heavy (non-hydrogen) atoms. The third-order valence-electron chi connectivity index (χ3n) is 3.42. The molecule has 1 saturated heterocycles. The number of hydrogen-bond acceptors (Lipinski definition) is 5. The van der Waals surface area contributed by atoms with E-state index in [0.29, 0.717) is 6.42 Å². The summed E-state index contributed by atoms with van der Waals surface area (Å²) in [5, 5.41) is 12.5. The first-order valence-corrected chi connectivity index (χ1v) is 8.37. The number of rotatable bonds is 5. The molecule has 0 radical (unpaired) electrons. The van der Waals surface area contributed by atoms with Gasteiger partial charge in [0.1, 0.15) is 5.03 Å². The third-order valence-corrected chi connectivity index (χ3v) is 4.06. The van der Waals surface area contributed by atoms with E-state index < -0.39 is 0 Å². The molecule has 5 nitrogen and oxygen atoms in total. The molecule has 1 atom stereocenters. The highest BCUT2D eigenvalue weighted by atomic mass is 32.2. The molecule has 0 aromatic carbocycles. The van der Waals surface area contributed by atoms with Gasteiger partial charge in [0.2, 0.25) is 5.91 Å². The molecule has 0 aliphatic carbocycles. The lowest BCUT2D eigenvalue weighted by atomic mass is 10.1. The Labute approximate surface area is 124 Å².